The van der Waals surface area contributed by atoms with Crippen LogP contribution < -0.4 is 9.47 Å². The van der Waals surface area contributed by atoms with Crippen molar-refractivity contribution in [3.63, 3.8) is 0 Å². The zero-order valence-corrected chi connectivity index (χ0v) is 18.7. The van der Waals surface area contributed by atoms with Crippen molar-refractivity contribution in [2.45, 2.75) is 25.7 Å². The highest BCUT2D eigenvalue weighted by atomic mass is 16.5. The lowest BCUT2D eigenvalue weighted by molar-refractivity contribution is -0.137. The minimum absolute atomic E-state index is 0.00940. The van der Waals surface area contributed by atoms with Gasteiger partial charge in [-0.1, -0.05) is 49.6 Å². The van der Waals surface area contributed by atoms with Crippen molar-refractivity contribution in [1.29, 1.82) is 0 Å². The number of hydrogen-bond donors (Lipinski definition) is 1. The molecule has 0 spiro atoms. The van der Waals surface area contributed by atoms with Crippen molar-refractivity contribution in [1.82, 2.24) is 0 Å². The van der Waals surface area contributed by atoms with Crippen LogP contribution in [0, 0.1) is 0 Å². The normalized spacial score (nSPS) is 10.6. The fourth-order valence-corrected chi connectivity index (χ4v) is 2.74. The Morgan fingerprint density at radius 1 is 0.818 bits per heavy atom. The van der Waals surface area contributed by atoms with Crippen LogP contribution in [0.1, 0.15) is 36.8 Å². The fraction of sp³-hybridized carbons (Fsp3) is 0.259. The molecular weight excluding hydrogens is 420 g/mol. The van der Waals surface area contributed by atoms with Gasteiger partial charge in [0.05, 0.1) is 25.4 Å². The number of rotatable bonds is 14. The third kappa shape index (κ3) is 10.0. The molecule has 0 aliphatic heterocycles. The number of hydrogen-bond acceptors (Lipinski definition) is 6. The number of aliphatic hydroxyl groups is 1. The second-order valence-electron chi connectivity index (χ2n) is 7.26. The van der Waals surface area contributed by atoms with Crippen LogP contribution in [-0.2, 0) is 14.3 Å². The van der Waals surface area contributed by atoms with Crippen molar-refractivity contribution in [2.75, 3.05) is 19.8 Å². The van der Waals surface area contributed by atoms with Gasteiger partial charge in [0.25, 0.3) is 0 Å². The van der Waals surface area contributed by atoms with E-state index in [1.54, 1.807) is 12.1 Å². The average molecular weight is 451 g/mol. The van der Waals surface area contributed by atoms with Gasteiger partial charge in [0.2, 0.25) is 0 Å². The monoisotopic (exact) mass is 450 g/mol. The summed E-state index contributed by atoms with van der Waals surface area (Å²) in [5, 5.41) is 8.90. The quantitative estimate of drug-likeness (QED) is 0.144. The lowest BCUT2D eigenvalue weighted by Crippen LogP contribution is -2.12. The molecule has 0 saturated heterocycles. The molecule has 0 bridgehead atoms. The van der Waals surface area contributed by atoms with E-state index in [2.05, 4.69) is 13.2 Å². The number of ether oxygens (including phenoxy) is 3. The molecule has 2 aromatic carbocycles. The number of carbonyl (C=O) groups excluding carboxylic acids is 2. The number of esters is 2. The van der Waals surface area contributed by atoms with E-state index in [4.69, 9.17) is 19.3 Å². The second-order valence-corrected chi connectivity index (χ2v) is 7.26. The summed E-state index contributed by atoms with van der Waals surface area (Å²) < 4.78 is 15.8. The van der Waals surface area contributed by atoms with Gasteiger partial charge in [0, 0.05) is 6.08 Å². The summed E-state index contributed by atoms with van der Waals surface area (Å²) in [5.74, 6) is 0.195. The first kappa shape index (κ1) is 25.6. The molecule has 0 aliphatic carbocycles. The molecule has 0 atom stereocenters. The van der Waals surface area contributed by atoms with Crippen molar-refractivity contribution >= 4 is 24.1 Å². The van der Waals surface area contributed by atoms with E-state index in [1.807, 2.05) is 48.6 Å². The van der Waals surface area contributed by atoms with E-state index in [0.717, 1.165) is 42.6 Å². The fourth-order valence-electron chi connectivity index (χ4n) is 2.74. The number of aliphatic hydroxyl groups excluding tert-OH is 1. The molecule has 0 aromatic heterocycles. The molecule has 0 radical (unpaired) electrons. The van der Waals surface area contributed by atoms with Crippen LogP contribution in [0.4, 0.5) is 0 Å². The maximum Gasteiger partial charge on any atom is 0.341 e. The van der Waals surface area contributed by atoms with Crippen LogP contribution in [0.5, 0.6) is 11.5 Å². The van der Waals surface area contributed by atoms with Crippen molar-refractivity contribution in [2.24, 2.45) is 0 Å². The first-order valence-electron chi connectivity index (χ1n) is 10.8. The van der Waals surface area contributed by atoms with E-state index in [-0.39, 0.29) is 11.5 Å². The number of carbonyl (C=O) groups is 2. The molecule has 0 aliphatic rings. The lowest BCUT2D eigenvalue weighted by atomic mass is 10.1. The molecule has 0 unspecified atom stereocenters. The molecule has 0 amide bonds. The maximum atomic E-state index is 11.6. The van der Waals surface area contributed by atoms with Gasteiger partial charge < -0.3 is 19.3 Å². The summed E-state index contributed by atoms with van der Waals surface area (Å²) in [6.45, 7) is 7.44. The van der Waals surface area contributed by atoms with Crippen LogP contribution in [0.3, 0.4) is 0 Å². The third-order valence-corrected chi connectivity index (χ3v) is 4.64. The Bertz CT molecular complexity index is 942. The summed E-state index contributed by atoms with van der Waals surface area (Å²) in [6, 6.07) is 14.9. The summed E-state index contributed by atoms with van der Waals surface area (Å²) in [5.41, 5.74) is 2.00. The lowest BCUT2D eigenvalue weighted by Gasteiger charge is -2.07. The molecular formula is C27H30O6. The van der Waals surface area contributed by atoms with Gasteiger partial charge in [-0.15, -0.1) is 0 Å². The van der Waals surface area contributed by atoms with Crippen molar-refractivity contribution in [3.8, 4) is 11.5 Å². The molecule has 0 saturated carbocycles. The first-order chi connectivity index (χ1) is 16.0. The molecule has 33 heavy (non-hydrogen) atoms. The van der Waals surface area contributed by atoms with Gasteiger partial charge in [-0.05, 0) is 61.1 Å². The number of unbranched alkanes of at least 4 members (excludes halogenated alkanes) is 3. The molecule has 2 rings (SSSR count). The Morgan fingerprint density at radius 2 is 1.36 bits per heavy atom. The van der Waals surface area contributed by atoms with E-state index in [9.17, 15) is 9.59 Å². The van der Waals surface area contributed by atoms with Crippen LogP contribution >= 0.6 is 0 Å². The Hall–Kier alpha value is -3.64. The van der Waals surface area contributed by atoms with E-state index < -0.39 is 12.6 Å². The Morgan fingerprint density at radius 3 is 1.91 bits per heavy atom. The first-order valence-corrected chi connectivity index (χ1v) is 10.8. The van der Waals surface area contributed by atoms with Gasteiger partial charge in [-0.25, -0.2) is 9.59 Å². The van der Waals surface area contributed by atoms with Gasteiger partial charge in [0.1, 0.15) is 11.5 Å². The molecule has 0 heterocycles. The number of benzene rings is 2. The van der Waals surface area contributed by atoms with Gasteiger partial charge in [-0.2, -0.15) is 0 Å². The van der Waals surface area contributed by atoms with Crippen LogP contribution in [0.25, 0.3) is 12.2 Å². The molecule has 0 fully saturated rings. The van der Waals surface area contributed by atoms with E-state index in [1.165, 1.54) is 6.08 Å². The summed E-state index contributed by atoms with van der Waals surface area (Å²) in [4.78, 5) is 22.5. The SMILES string of the molecule is C=CC(=O)OCCCCCCOc1ccc(/C=C/c2ccc(OC(=O)C(=C)CO)cc2)cc1. The Labute approximate surface area is 194 Å². The highest BCUT2D eigenvalue weighted by Crippen LogP contribution is 2.18. The van der Waals surface area contributed by atoms with Crippen LogP contribution in [0.2, 0.25) is 0 Å². The molecule has 2 aromatic rings. The summed E-state index contributed by atoms with van der Waals surface area (Å²) in [7, 11) is 0. The van der Waals surface area contributed by atoms with E-state index in [0.29, 0.717) is 19.0 Å². The van der Waals surface area contributed by atoms with E-state index >= 15 is 0 Å². The zero-order valence-electron chi connectivity index (χ0n) is 18.7. The van der Waals surface area contributed by atoms with Crippen LogP contribution in [0.15, 0.2) is 73.3 Å². The predicted octanol–water partition coefficient (Wildman–Crippen LogP) is 4.98. The van der Waals surface area contributed by atoms with Crippen molar-refractivity contribution in [3.05, 3.63) is 84.5 Å². The third-order valence-electron chi connectivity index (χ3n) is 4.64. The Kier molecular flexibility index (Phi) is 11.2. The maximum absolute atomic E-state index is 11.6. The minimum atomic E-state index is -0.644. The smallest absolute Gasteiger partial charge is 0.341 e. The Balaban J connectivity index is 1.69. The van der Waals surface area contributed by atoms with Gasteiger partial charge in [0.15, 0.2) is 0 Å². The highest BCUT2D eigenvalue weighted by molar-refractivity contribution is 5.89. The summed E-state index contributed by atoms with van der Waals surface area (Å²) >= 11 is 0. The second kappa shape index (κ2) is 14.4. The van der Waals surface area contributed by atoms with Gasteiger partial charge >= 0.3 is 11.9 Å². The van der Waals surface area contributed by atoms with Crippen LogP contribution in [-0.4, -0.2) is 36.9 Å². The highest BCUT2D eigenvalue weighted by Gasteiger charge is 2.08. The minimum Gasteiger partial charge on any atom is -0.494 e. The molecule has 1 N–H and O–H groups in total. The topological polar surface area (TPSA) is 82.1 Å². The predicted molar refractivity (Wildman–Crippen MR) is 129 cm³/mol. The van der Waals surface area contributed by atoms with Gasteiger partial charge in [-0.3, -0.25) is 0 Å². The standard InChI is InChI=1S/C27H30O6/c1-3-26(29)32-19-7-5-4-6-18-31-24-14-10-22(11-15-24)8-9-23-12-16-25(17-13-23)33-27(30)21(2)20-28/h3,8-17,28H,1-2,4-7,18-20H2/b9-8+. The average Bonchev–Trinajstić information content (AvgIpc) is 2.85. The molecule has 174 valence electrons. The zero-order chi connectivity index (χ0) is 23.9. The van der Waals surface area contributed by atoms with Crippen molar-refractivity contribution < 1.29 is 28.9 Å². The largest absolute Gasteiger partial charge is 0.494 e. The molecule has 6 heteroatoms. The summed E-state index contributed by atoms with van der Waals surface area (Å²) in [6.07, 6.45) is 8.90. The molecule has 6 nitrogen and oxygen atoms in total.